The minimum Gasteiger partial charge on any atom is -0.305 e. The molecule has 20 heavy (non-hydrogen) atoms. The van der Waals surface area contributed by atoms with Gasteiger partial charge in [-0.25, -0.2) is 4.98 Å². The molecule has 1 unspecified atom stereocenters. The third-order valence-electron chi connectivity index (χ3n) is 3.42. The minimum absolute atomic E-state index is 0.321. The maximum atomic E-state index is 4.55. The zero-order valence-corrected chi connectivity index (χ0v) is 14.0. The molecule has 0 fully saturated rings. The van der Waals surface area contributed by atoms with Gasteiger partial charge in [0.05, 0.1) is 16.4 Å². The summed E-state index contributed by atoms with van der Waals surface area (Å²) >= 11 is 1.78. The van der Waals surface area contributed by atoms with Crippen molar-refractivity contribution in [1.82, 2.24) is 20.1 Å². The zero-order valence-electron chi connectivity index (χ0n) is 13.2. The van der Waals surface area contributed by atoms with Crippen LogP contribution in [0.3, 0.4) is 0 Å². The van der Waals surface area contributed by atoms with E-state index >= 15 is 0 Å². The Labute approximate surface area is 125 Å². The zero-order chi connectivity index (χ0) is 14.9. The van der Waals surface area contributed by atoms with Crippen molar-refractivity contribution in [1.29, 1.82) is 0 Å². The molecule has 1 N–H and O–H groups in total. The SMILES string of the molecule is Cc1nc(C)c(C(C)NCc2cn(C)nc2C(C)C)s1. The first-order chi connectivity index (χ1) is 9.38. The first kappa shape index (κ1) is 15.2. The number of aryl methyl sites for hydroxylation is 3. The van der Waals surface area contributed by atoms with E-state index in [1.54, 1.807) is 11.3 Å². The van der Waals surface area contributed by atoms with Crippen molar-refractivity contribution in [2.24, 2.45) is 7.05 Å². The molecule has 0 aliphatic carbocycles. The lowest BCUT2D eigenvalue weighted by Crippen LogP contribution is -2.18. The summed E-state index contributed by atoms with van der Waals surface area (Å²) < 4.78 is 1.90. The van der Waals surface area contributed by atoms with Gasteiger partial charge in [0.2, 0.25) is 0 Å². The van der Waals surface area contributed by atoms with Crippen LogP contribution in [0.15, 0.2) is 6.20 Å². The van der Waals surface area contributed by atoms with Crippen molar-refractivity contribution < 1.29 is 0 Å². The van der Waals surface area contributed by atoms with Gasteiger partial charge in [-0.05, 0) is 26.7 Å². The summed E-state index contributed by atoms with van der Waals surface area (Å²) in [5.74, 6) is 0.454. The molecule has 4 nitrogen and oxygen atoms in total. The van der Waals surface area contributed by atoms with E-state index in [0.29, 0.717) is 12.0 Å². The van der Waals surface area contributed by atoms with Gasteiger partial charge in [-0.3, -0.25) is 4.68 Å². The lowest BCUT2D eigenvalue weighted by atomic mass is 10.1. The smallest absolute Gasteiger partial charge is 0.0900 e. The van der Waals surface area contributed by atoms with Gasteiger partial charge in [0.25, 0.3) is 0 Å². The Morgan fingerprint density at radius 2 is 2.00 bits per heavy atom. The standard InChI is InChI=1S/C15H24N4S/c1-9(2)14-13(8-19(6)18-14)7-16-10(3)15-11(4)17-12(5)20-15/h8-10,16H,7H2,1-6H3. The van der Waals surface area contributed by atoms with Gasteiger partial charge in [-0.2, -0.15) is 5.10 Å². The van der Waals surface area contributed by atoms with Gasteiger partial charge in [0.1, 0.15) is 0 Å². The number of rotatable bonds is 5. The third kappa shape index (κ3) is 3.27. The monoisotopic (exact) mass is 292 g/mol. The summed E-state index contributed by atoms with van der Waals surface area (Å²) in [7, 11) is 1.98. The molecule has 1 atom stereocenters. The molecule has 0 aromatic carbocycles. The van der Waals surface area contributed by atoms with Crippen molar-refractivity contribution in [3.8, 4) is 0 Å². The van der Waals surface area contributed by atoms with E-state index < -0.39 is 0 Å². The van der Waals surface area contributed by atoms with Crippen LogP contribution < -0.4 is 5.32 Å². The topological polar surface area (TPSA) is 42.7 Å². The van der Waals surface area contributed by atoms with Crippen LogP contribution in [0.2, 0.25) is 0 Å². The quantitative estimate of drug-likeness (QED) is 0.917. The highest BCUT2D eigenvalue weighted by atomic mass is 32.1. The van der Waals surface area contributed by atoms with Gasteiger partial charge in [-0.1, -0.05) is 13.8 Å². The maximum Gasteiger partial charge on any atom is 0.0900 e. The molecule has 0 aliphatic rings. The average Bonchev–Trinajstić information content (AvgIpc) is 2.89. The minimum atomic E-state index is 0.321. The highest BCUT2D eigenvalue weighted by Crippen LogP contribution is 2.25. The van der Waals surface area contributed by atoms with Gasteiger partial charge < -0.3 is 5.32 Å². The van der Waals surface area contributed by atoms with Crippen molar-refractivity contribution in [3.05, 3.63) is 33.0 Å². The van der Waals surface area contributed by atoms with E-state index in [-0.39, 0.29) is 0 Å². The first-order valence-corrected chi connectivity index (χ1v) is 7.89. The Morgan fingerprint density at radius 3 is 2.55 bits per heavy atom. The third-order valence-corrected chi connectivity index (χ3v) is 4.67. The summed E-state index contributed by atoms with van der Waals surface area (Å²) in [5, 5.41) is 9.28. The summed E-state index contributed by atoms with van der Waals surface area (Å²) in [6, 6.07) is 0.321. The second-order valence-electron chi connectivity index (χ2n) is 5.65. The van der Waals surface area contributed by atoms with Crippen LogP contribution in [0.4, 0.5) is 0 Å². The predicted molar refractivity (Wildman–Crippen MR) is 84.1 cm³/mol. The Balaban J connectivity index is 2.07. The average molecular weight is 292 g/mol. The highest BCUT2D eigenvalue weighted by molar-refractivity contribution is 7.11. The number of nitrogens with one attached hydrogen (secondary N) is 1. The molecule has 2 heterocycles. The molecular formula is C15H24N4S. The molecule has 0 saturated heterocycles. The van der Waals surface area contributed by atoms with Crippen LogP contribution >= 0.6 is 11.3 Å². The van der Waals surface area contributed by atoms with Crippen LogP contribution in [0, 0.1) is 13.8 Å². The molecular weight excluding hydrogens is 268 g/mol. The summed E-state index contributed by atoms with van der Waals surface area (Å²) in [6.07, 6.45) is 2.11. The van der Waals surface area contributed by atoms with Crippen molar-refractivity contribution in [2.75, 3.05) is 0 Å². The Bertz CT molecular complexity index is 583. The fourth-order valence-electron chi connectivity index (χ4n) is 2.48. The molecule has 5 heteroatoms. The van der Waals surface area contributed by atoms with E-state index in [1.807, 2.05) is 11.7 Å². The lowest BCUT2D eigenvalue weighted by molar-refractivity contribution is 0.575. The van der Waals surface area contributed by atoms with Gasteiger partial charge in [0.15, 0.2) is 0 Å². The molecule has 2 aromatic rings. The van der Waals surface area contributed by atoms with Gasteiger partial charge in [-0.15, -0.1) is 11.3 Å². The lowest BCUT2D eigenvalue weighted by Gasteiger charge is -2.13. The van der Waals surface area contributed by atoms with E-state index in [0.717, 1.165) is 17.2 Å². The number of thiazole rings is 1. The van der Waals surface area contributed by atoms with E-state index in [1.165, 1.54) is 16.1 Å². The largest absolute Gasteiger partial charge is 0.305 e. The second kappa shape index (κ2) is 6.06. The summed E-state index contributed by atoms with van der Waals surface area (Å²) in [5.41, 5.74) is 3.61. The number of hydrogen-bond donors (Lipinski definition) is 1. The molecule has 0 amide bonds. The van der Waals surface area contributed by atoms with E-state index in [2.05, 4.69) is 56.2 Å². The Kier molecular flexibility index (Phi) is 4.60. The van der Waals surface area contributed by atoms with Crippen LogP contribution in [-0.2, 0) is 13.6 Å². The predicted octanol–water partition coefficient (Wildman–Crippen LogP) is 3.47. The van der Waals surface area contributed by atoms with Crippen LogP contribution in [0.5, 0.6) is 0 Å². The highest BCUT2D eigenvalue weighted by Gasteiger charge is 2.15. The number of nitrogens with zero attached hydrogens (tertiary/aromatic N) is 3. The normalized spacial score (nSPS) is 13.2. The van der Waals surface area contributed by atoms with E-state index in [9.17, 15) is 0 Å². The Morgan fingerprint density at radius 1 is 1.30 bits per heavy atom. The molecule has 0 saturated carbocycles. The van der Waals surface area contributed by atoms with Crippen LogP contribution in [0.25, 0.3) is 0 Å². The van der Waals surface area contributed by atoms with Crippen molar-refractivity contribution in [2.45, 2.75) is 53.1 Å². The summed E-state index contributed by atoms with van der Waals surface area (Å²) in [4.78, 5) is 5.83. The van der Waals surface area contributed by atoms with Gasteiger partial charge >= 0.3 is 0 Å². The number of aromatic nitrogens is 3. The molecule has 2 aromatic heterocycles. The van der Waals surface area contributed by atoms with Crippen molar-refractivity contribution >= 4 is 11.3 Å². The van der Waals surface area contributed by atoms with Crippen LogP contribution in [0.1, 0.15) is 59.6 Å². The molecule has 0 bridgehead atoms. The second-order valence-corrected chi connectivity index (χ2v) is 6.89. The molecule has 110 valence electrons. The van der Waals surface area contributed by atoms with Crippen LogP contribution in [-0.4, -0.2) is 14.8 Å². The number of hydrogen-bond acceptors (Lipinski definition) is 4. The molecule has 0 aliphatic heterocycles. The van der Waals surface area contributed by atoms with Crippen molar-refractivity contribution in [3.63, 3.8) is 0 Å². The summed E-state index contributed by atoms with van der Waals surface area (Å²) in [6.45, 7) is 11.6. The molecule has 0 spiro atoms. The van der Waals surface area contributed by atoms with Gasteiger partial charge in [0, 0.05) is 36.3 Å². The first-order valence-electron chi connectivity index (χ1n) is 7.08. The fourth-order valence-corrected chi connectivity index (χ4v) is 3.44. The molecule has 0 radical (unpaired) electrons. The fraction of sp³-hybridized carbons (Fsp3) is 0.600. The van der Waals surface area contributed by atoms with E-state index in [4.69, 9.17) is 0 Å². The Hall–Kier alpha value is -1.20. The molecule has 2 rings (SSSR count). The maximum absolute atomic E-state index is 4.55.